The molecule has 0 aliphatic heterocycles. The molecular weight excluding hydrogens is 208 g/mol. The summed E-state index contributed by atoms with van der Waals surface area (Å²) in [6, 6.07) is 0. The number of thioether (sulfide) groups is 1. The van der Waals surface area contributed by atoms with Crippen LogP contribution in [0.1, 0.15) is 11.4 Å². The van der Waals surface area contributed by atoms with Gasteiger partial charge >= 0.3 is 5.97 Å². The third-order valence-electron chi connectivity index (χ3n) is 1.27. The zero-order valence-electron chi connectivity index (χ0n) is 7.44. The van der Waals surface area contributed by atoms with Crippen LogP contribution in [0.25, 0.3) is 0 Å². The van der Waals surface area contributed by atoms with Crippen LogP contribution >= 0.6 is 23.1 Å². The molecule has 0 spiro atoms. The molecular formula is C7H10N2O2S2. The van der Waals surface area contributed by atoms with Gasteiger partial charge in [-0.3, -0.25) is 4.79 Å². The first-order valence-corrected chi connectivity index (χ1v) is 5.52. The van der Waals surface area contributed by atoms with Crippen molar-refractivity contribution >= 4 is 29.1 Å². The number of hydrogen-bond acceptors (Lipinski definition) is 6. The maximum Gasteiger partial charge on any atom is 0.306 e. The third kappa shape index (κ3) is 3.73. The summed E-state index contributed by atoms with van der Waals surface area (Å²) in [5.41, 5.74) is 0. The minimum Gasteiger partial charge on any atom is -0.469 e. The van der Waals surface area contributed by atoms with Gasteiger partial charge in [0.05, 0.1) is 13.5 Å². The van der Waals surface area contributed by atoms with E-state index in [1.807, 2.05) is 6.92 Å². The molecule has 1 rings (SSSR count). The van der Waals surface area contributed by atoms with Crippen LogP contribution in [0.2, 0.25) is 0 Å². The predicted molar refractivity (Wildman–Crippen MR) is 52.0 cm³/mol. The van der Waals surface area contributed by atoms with Crippen LogP contribution in [0.5, 0.6) is 0 Å². The average Bonchev–Trinajstić information content (AvgIpc) is 2.51. The van der Waals surface area contributed by atoms with Crippen molar-refractivity contribution in [2.75, 3.05) is 12.9 Å². The fourth-order valence-electron chi connectivity index (χ4n) is 0.660. The van der Waals surface area contributed by atoms with E-state index in [0.29, 0.717) is 12.2 Å². The second-order valence-electron chi connectivity index (χ2n) is 2.26. The molecule has 0 bridgehead atoms. The molecule has 0 radical (unpaired) electrons. The highest BCUT2D eigenvalue weighted by Gasteiger charge is 2.03. The molecule has 0 unspecified atom stereocenters. The Hall–Kier alpha value is -0.620. The maximum atomic E-state index is 10.7. The molecule has 1 heterocycles. The number of aromatic nitrogens is 2. The van der Waals surface area contributed by atoms with Gasteiger partial charge in [-0.25, -0.2) is 0 Å². The minimum absolute atomic E-state index is 0.186. The summed E-state index contributed by atoms with van der Waals surface area (Å²) in [6.07, 6.45) is 0.416. The van der Waals surface area contributed by atoms with Gasteiger partial charge in [-0.1, -0.05) is 23.1 Å². The standard InChI is InChI=1S/C7H10N2O2S2/c1-5-8-9-7(13-5)12-4-3-6(10)11-2/h3-4H2,1-2H3. The first kappa shape index (κ1) is 10.5. The van der Waals surface area contributed by atoms with Crippen molar-refractivity contribution in [2.24, 2.45) is 0 Å². The molecule has 0 saturated heterocycles. The molecule has 6 heteroatoms. The molecule has 13 heavy (non-hydrogen) atoms. The average molecular weight is 218 g/mol. The highest BCUT2D eigenvalue weighted by atomic mass is 32.2. The summed E-state index contributed by atoms with van der Waals surface area (Å²) in [5.74, 6) is 0.509. The Morgan fingerprint density at radius 2 is 2.38 bits per heavy atom. The Morgan fingerprint density at radius 1 is 1.62 bits per heavy atom. The van der Waals surface area contributed by atoms with Gasteiger partial charge in [-0.05, 0) is 6.92 Å². The van der Waals surface area contributed by atoms with E-state index in [2.05, 4.69) is 14.9 Å². The highest BCUT2D eigenvalue weighted by molar-refractivity contribution is 8.01. The van der Waals surface area contributed by atoms with Crippen molar-refractivity contribution in [3.8, 4) is 0 Å². The van der Waals surface area contributed by atoms with E-state index in [9.17, 15) is 4.79 Å². The predicted octanol–water partition coefficient (Wildman–Crippen LogP) is 1.50. The van der Waals surface area contributed by atoms with Crippen LogP contribution in [0.4, 0.5) is 0 Å². The minimum atomic E-state index is -0.186. The Morgan fingerprint density at radius 3 is 2.92 bits per heavy atom. The molecule has 72 valence electrons. The molecule has 1 aromatic rings. The molecule has 0 amide bonds. The van der Waals surface area contributed by atoms with Gasteiger partial charge < -0.3 is 4.74 Å². The molecule has 0 fully saturated rings. The first-order valence-electron chi connectivity index (χ1n) is 3.72. The quantitative estimate of drug-likeness (QED) is 0.566. The van der Waals surface area contributed by atoms with Gasteiger partial charge in [-0.2, -0.15) is 0 Å². The summed E-state index contributed by atoms with van der Waals surface area (Å²) in [6.45, 7) is 1.90. The Kier molecular flexibility index (Phi) is 4.17. The fourth-order valence-corrected chi connectivity index (χ4v) is 2.47. The number of nitrogens with zero attached hydrogens (tertiary/aromatic N) is 2. The lowest BCUT2D eigenvalue weighted by Crippen LogP contribution is -2.00. The molecule has 0 aromatic carbocycles. The van der Waals surface area contributed by atoms with E-state index < -0.39 is 0 Å². The number of carbonyl (C=O) groups is 1. The van der Waals surface area contributed by atoms with Crippen LogP contribution in [-0.2, 0) is 9.53 Å². The molecule has 0 aliphatic carbocycles. The van der Waals surface area contributed by atoms with Gasteiger partial charge in [0.15, 0.2) is 4.34 Å². The van der Waals surface area contributed by atoms with Crippen LogP contribution in [0.3, 0.4) is 0 Å². The van der Waals surface area contributed by atoms with Crippen LogP contribution < -0.4 is 0 Å². The van der Waals surface area contributed by atoms with Crippen molar-refractivity contribution in [3.63, 3.8) is 0 Å². The molecule has 0 N–H and O–H groups in total. The third-order valence-corrected chi connectivity index (χ3v) is 3.24. The van der Waals surface area contributed by atoms with E-state index >= 15 is 0 Å². The second-order valence-corrected chi connectivity index (χ2v) is 4.79. The topological polar surface area (TPSA) is 52.1 Å². The monoisotopic (exact) mass is 218 g/mol. The van der Waals surface area contributed by atoms with Crippen LogP contribution in [0.15, 0.2) is 4.34 Å². The Balaban J connectivity index is 2.24. The van der Waals surface area contributed by atoms with Crippen LogP contribution in [-0.4, -0.2) is 29.0 Å². The second kappa shape index (κ2) is 5.18. The lowest BCUT2D eigenvalue weighted by Gasteiger charge is -1.95. The number of ether oxygens (including phenoxy) is 1. The largest absolute Gasteiger partial charge is 0.469 e. The van der Waals surface area contributed by atoms with Gasteiger partial charge in [0, 0.05) is 5.75 Å². The molecule has 1 aromatic heterocycles. The smallest absolute Gasteiger partial charge is 0.306 e. The van der Waals surface area contributed by atoms with E-state index in [0.717, 1.165) is 9.35 Å². The highest BCUT2D eigenvalue weighted by Crippen LogP contribution is 2.22. The number of methoxy groups -OCH3 is 1. The molecule has 0 saturated carbocycles. The SMILES string of the molecule is COC(=O)CCSc1nnc(C)s1. The van der Waals surface area contributed by atoms with Gasteiger partial charge in [0.1, 0.15) is 5.01 Å². The normalized spacial score (nSPS) is 10.0. The van der Waals surface area contributed by atoms with E-state index in [1.165, 1.54) is 30.2 Å². The molecule has 4 nitrogen and oxygen atoms in total. The number of esters is 1. The maximum absolute atomic E-state index is 10.7. The van der Waals surface area contributed by atoms with Crippen molar-refractivity contribution in [2.45, 2.75) is 17.7 Å². The number of rotatable bonds is 4. The first-order chi connectivity index (χ1) is 6.22. The van der Waals surface area contributed by atoms with E-state index in [1.54, 1.807) is 0 Å². The zero-order valence-corrected chi connectivity index (χ0v) is 9.07. The van der Waals surface area contributed by atoms with Gasteiger partial charge in [0.25, 0.3) is 0 Å². The summed E-state index contributed by atoms with van der Waals surface area (Å²) in [7, 11) is 1.39. The van der Waals surface area contributed by atoms with E-state index in [4.69, 9.17) is 0 Å². The number of aryl methyl sites for hydroxylation is 1. The summed E-state index contributed by atoms with van der Waals surface area (Å²) in [5, 5.41) is 8.73. The van der Waals surface area contributed by atoms with Crippen molar-refractivity contribution in [3.05, 3.63) is 5.01 Å². The van der Waals surface area contributed by atoms with Crippen molar-refractivity contribution < 1.29 is 9.53 Å². The van der Waals surface area contributed by atoms with Gasteiger partial charge in [0.2, 0.25) is 0 Å². The molecule has 0 aliphatic rings. The molecule has 0 atom stereocenters. The zero-order chi connectivity index (χ0) is 9.68. The van der Waals surface area contributed by atoms with Crippen LogP contribution in [0, 0.1) is 6.92 Å². The lowest BCUT2D eigenvalue weighted by molar-refractivity contribution is -0.140. The lowest BCUT2D eigenvalue weighted by atomic mass is 10.5. The van der Waals surface area contributed by atoms with Crippen molar-refractivity contribution in [1.82, 2.24) is 10.2 Å². The summed E-state index contributed by atoms with van der Waals surface area (Å²) in [4.78, 5) is 10.7. The number of carbonyl (C=O) groups excluding carboxylic acids is 1. The fraction of sp³-hybridized carbons (Fsp3) is 0.571. The summed E-state index contributed by atoms with van der Waals surface area (Å²) < 4.78 is 5.41. The van der Waals surface area contributed by atoms with Gasteiger partial charge in [-0.15, -0.1) is 10.2 Å². The Bertz CT molecular complexity index is 288. The number of hydrogen-bond donors (Lipinski definition) is 0. The summed E-state index contributed by atoms with van der Waals surface area (Å²) >= 11 is 3.06. The van der Waals surface area contributed by atoms with E-state index in [-0.39, 0.29) is 5.97 Å². The Labute approximate surface area is 84.7 Å². The van der Waals surface area contributed by atoms with Crippen molar-refractivity contribution in [1.29, 1.82) is 0 Å².